The maximum Gasteiger partial charge on any atom is 0.263 e. The Morgan fingerprint density at radius 3 is 2.12 bits per heavy atom. The second-order valence-electron chi connectivity index (χ2n) is 7.80. The van der Waals surface area contributed by atoms with Crippen LogP contribution >= 0.6 is 11.3 Å². The molecule has 0 unspecified atom stereocenters. The summed E-state index contributed by atoms with van der Waals surface area (Å²) in [6, 6.07) is 32.3. The summed E-state index contributed by atoms with van der Waals surface area (Å²) in [5.41, 5.74) is 12.1. The Hall–Kier alpha value is -3.96. The Morgan fingerprint density at radius 1 is 0.848 bits per heavy atom. The molecule has 3 N–H and O–H groups in total. The van der Waals surface area contributed by atoms with E-state index in [0.717, 1.165) is 39.0 Å². The average Bonchev–Trinajstić information content (AvgIpc) is 3.21. The zero-order valence-corrected chi connectivity index (χ0v) is 18.8. The number of thiophene rings is 1. The van der Waals surface area contributed by atoms with Crippen molar-refractivity contribution in [2.75, 3.05) is 12.3 Å². The highest BCUT2D eigenvalue weighted by Gasteiger charge is 2.21. The SMILES string of the molecule is Nc1c(C(=O)NCCc2ccccc2)sc2nc(-c3ccccc3)cc(-c3ccccc3)c12. The van der Waals surface area contributed by atoms with E-state index in [1.165, 1.54) is 16.9 Å². The molecule has 0 aliphatic carbocycles. The van der Waals surface area contributed by atoms with Crippen molar-refractivity contribution >= 4 is 33.1 Å². The first-order chi connectivity index (χ1) is 16.2. The number of amides is 1. The number of fused-ring (bicyclic) bond motifs is 1. The van der Waals surface area contributed by atoms with Gasteiger partial charge in [-0.2, -0.15) is 0 Å². The third-order valence-corrected chi connectivity index (χ3v) is 6.70. The van der Waals surface area contributed by atoms with Crippen LogP contribution in [0.15, 0.2) is 97.1 Å². The Kier molecular flexibility index (Phi) is 5.87. The molecule has 0 fully saturated rings. The molecule has 0 saturated heterocycles. The molecule has 162 valence electrons. The first kappa shape index (κ1) is 20.9. The fourth-order valence-corrected chi connectivity index (χ4v) is 4.97. The van der Waals surface area contributed by atoms with Crippen LogP contribution in [0.4, 0.5) is 5.69 Å². The molecular formula is C28H23N3OS. The molecule has 3 aromatic carbocycles. The lowest BCUT2D eigenvalue weighted by Crippen LogP contribution is -2.25. The van der Waals surface area contributed by atoms with Crippen LogP contribution in [0.1, 0.15) is 15.2 Å². The maximum absolute atomic E-state index is 13.0. The first-order valence-electron chi connectivity index (χ1n) is 10.9. The number of carbonyl (C=O) groups excluding carboxylic acids is 1. The third kappa shape index (κ3) is 4.36. The van der Waals surface area contributed by atoms with Crippen LogP contribution in [0.5, 0.6) is 0 Å². The van der Waals surface area contributed by atoms with Gasteiger partial charge in [-0.15, -0.1) is 11.3 Å². The highest BCUT2D eigenvalue weighted by atomic mass is 32.1. The van der Waals surface area contributed by atoms with Crippen LogP contribution in [0.3, 0.4) is 0 Å². The maximum atomic E-state index is 13.0. The van der Waals surface area contributed by atoms with E-state index in [9.17, 15) is 4.79 Å². The fraction of sp³-hybridized carbons (Fsp3) is 0.0714. The van der Waals surface area contributed by atoms with Crippen LogP contribution in [-0.4, -0.2) is 17.4 Å². The summed E-state index contributed by atoms with van der Waals surface area (Å²) < 4.78 is 0. The van der Waals surface area contributed by atoms with Gasteiger partial charge in [-0.3, -0.25) is 4.79 Å². The Morgan fingerprint density at radius 2 is 1.45 bits per heavy atom. The normalized spacial score (nSPS) is 10.9. The van der Waals surface area contributed by atoms with Crippen molar-refractivity contribution in [2.45, 2.75) is 6.42 Å². The molecule has 0 bridgehead atoms. The Labute approximate surface area is 196 Å². The number of nitrogens with one attached hydrogen (secondary N) is 1. The summed E-state index contributed by atoms with van der Waals surface area (Å²) in [7, 11) is 0. The van der Waals surface area contributed by atoms with E-state index in [2.05, 4.69) is 35.6 Å². The molecule has 0 aliphatic rings. The van der Waals surface area contributed by atoms with Crippen LogP contribution in [0, 0.1) is 0 Å². The quantitative estimate of drug-likeness (QED) is 0.325. The number of nitrogens with zero attached hydrogens (tertiary/aromatic N) is 1. The largest absolute Gasteiger partial charge is 0.397 e. The van der Waals surface area contributed by atoms with Crippen LogP contribution < -0.4 is 11.1 Å². The molecule has 0 radical (unpaired) electrons. The van der Waals surface area contributed by atoms with Gasteiger partial charge >= 0.3 is 0 Å². The average molecular weight is 450 g/mol. The minimum atomic E-state index is -0.160. The fourth-order valence-electron chi connectivity index (χ4n) is 3.94. The van der Waals surface area contributed by atoms with E-state index >= 15 is 0 Å². The van der Waals surface area contributed by atoms with Crippen molar-refractivity contribution in [2.24, 2.45) is 0 Å². The molecule has 33 heavy (non-hydrogen) atoms. The molecule has 1 amide bonds. The van der Waals surface area contributed by atoms with Crippen LogP contribution in [0.2, 0.25) is 0 Å². The van der Waals surface area contributed by atoms with E-state index in [-0.39, 0.29) is 5.91 Å². The summed E-state index contributed by atoms with van der Waals surface area (Å²) in [5.74, 6) is -0.160. The highest BCUT2D eigenvalue weighted by Crippen LogP contribution is 2.41. The number of benzene rings is 3. The third-order valence-electron chi connectivity index (χ3n) is 5.60. The van der Waals surface area contributed by atoms with E-state index in [1.807, 2.05) is 66.7 Å². The van der Waals surface area contributed by atoms with Gasteiger partial charge in [0.25, 0.3) is 5.91 Å². The van der Waals surface area contributed by atoms with Gasteiger partial charge < -0.3 is 11.1 Å². The summed E-state index contributed by atoms with van der Waals surface area (Å²) in [4.78, 5) is 19.2. The van der Waals surface area contributed by atoms with E-state index in [1.54, 1.807) is 0 Å². The first-order valence-corrected chi connectivity index (χ1v) is 11.7. The molecule has 0 spiro atoms. The molecule has 2 heterocycles. The summed E-state index contributed by atoms with van der Waals surface area (Å²) in [5, 5.41) is 3.85. The molecule has 5 aromatic rings. The second kappa shape index (κ2) is 9.27. The molecule has 0 saturated carbocycles. The standard InChI is InChI=1S/C28H23N3OS/c29-25-24-22(20-12-6-2-7-13-20)18-23(21-14-8-3-9-15-21)31-28(24)33-26(25)27(32)30-17-16-19-10-4-1-5-11-19/h1-15,18H,16-17,29H2,(H,30,32). The number of pyridine rings is 1. The lowest BCUT2D eigenvalue weighted by Gasteiger charge is -2.09. The summed E-state index contributed by atoms with van der Waals surface area (Å²) in [6.45, 7) is 0.546. The molecule has 2 aromatic heterocycles. The minimum absolute atomic E-state index is 0.160. The monoisotopic (exact) mass is 449 g/mol. The van der Waals surface area contributed by atoms with E-state index in [4.69, 9.17) is 10.7 Å². The molecule has 0 aliphatic heterocycles. The van der Waals surface area contributed by atoms with E-state index in [0.29, 0.717) is 17.1 Å². The molecule has 5 rings (SSSR count). The summed E-state index contributed by atoms with van der Waals surface area (Å²) in [6.07, 6.45) is 0.767. The van der Waals surface area contributed by atoms with Crippen molar-refractivity contribution < 1.29 is 4.79 Å². The van der Waals surface area contributed by atoms with Crippen LogP contribution in [-0.2, 0) is 6.42 Å². The van der Waals surface area contributed by atoms with Gasteiger partial charge in [0.05, 0.1) is 11.4 Å². The zero-order valence-electron chi connectivity index (χ0n) is 18.0. The minimum Gasteiger partial charge on any atom is -0.397 e. The van der Waals surface area contributed by atoms with Gasteiger partial charge in [0.2, 0.25) is 0 Å². The highest BCUT2D eigenvalue weighted by molar-refractivity contribution is 7.21. The van der Waals surface area contributed by atoms with Gasteiger partial charge in [0.1, 0.15) is 9.71 Å². The second-order valence-corrected chi connectivity index (χ2v) is 8.80. The number of carbonyl (C=O) groups is 1. The van der Waals surface area contributed by atoms with Crippen molar-refractivity contribution in [3.8, 4) is 22.4 Å². The Balaban J connectivity index is 1.53. The number of hydrogen-bond donors (Lipinski definition) is 2. The molecule has 5 heteroatoms. The number of nitrogens with two attached hydrogens (primary N) is 1. The molecular weight excluding hydrogens is 426 g/mol. The molecule has 4 nitrogen and oxygen atoms in total. The number of rotatable bonds is 6. The van der Waals surface area contributed by atoms with Crippen LogP contribution in [0.25, 0.3) is 32.6 Å². The number of nitrogen functional groups attached to an aromatic ring is 1. The predicted octanol–water partition coefficient (Wildman–Crippen LogP) is 6.19. The van der Waals surface area contributed by atoms with Crippen molar-refractivity contribution in [1.29, 1.82) is 0 Å². The topological polar surface area (TPSA) is 68.0 Å². The zero-order chi connectivity index (χ0) is 22.6. The Bertz CT molecular complexity index is 1400. The number of hydrogen-bond acceptors (Lipinski definition) is 4. The van der Waals surface area contributed by atoms with Gasteiger partial charge in [-0.05, 0) is 29.2 Å². The molecule has 0 atom stereocenters. The lowest BCUT2D eigenvalue weighted by atomic mass is 9.99. The van der Waals surface area contributed by atoms with Gasteiger partial charge in [0, 0.05) is 17.5 Å². The van der Waals surface area contributed by atoms with Gasteiger partial charge in [-0.25, -0.2) is 4.98 Å². The smallest absolute Gasteiger partial charge is 0.263 e. The van der Waals surface area contributed by atoms with E-state index < -0.39 is 0 Å². The summed E-state index contributed by atoms with van der Waals surface area (Å²) >= 11 is 1.35. The van der Waals surface area contributed by atoms with Crippen molar-refractivity contribution in [3.63, 3.8) is 0 Å². The van der Waals surface area contributed by atoms with Crippen molar-refractivity contribution in [1.82, 2.24) is 10.3 Å². The number of aromatic nitrogens is 1. The van der Waals surface area contributed by atoms with Gasteiger partial charge in [-0.1, -0.05) is 91.0 Å². The lowest BCUT2D eigenvalue weighted by molar-refractivity contribution is 0.0959. The predicted molar refractivity (Wildman–Crippen MR) is 137 cm³/mol. The van der Waals surface area contributed by atoms with Crippen molar-refractivity contribution in [3.05, 3.63) is 108 Å². The van der Waals surface area contributed by atoms with Gasteiger partial charge in [0.15, 0.2) is 0 Å². The number of anilines is 1.